The monoisotopic (exact) mass is 341 g/mol. The number of piperidine rings is 1. The Kier molecular flexibility index (Phi) is 5.43. The molecule has 1 saturated heterocycles. The molecule has 1 aliphatic heterocycles. The fraction of sp³-hybridized carbons (Fsp3) is 0.455. The van der Waals surface area contributed by atoms with E-state index in [2.05, 4.69) is 50.4 Å². The van der Waals surface area contributed by atoms with Crippen molar-refractivity contribution in [2.75, 3.05) is 19.7 Å². The summed E-state index contributed by atoms with van der Waals surface area (Å²) in [6, 6.07) is 15.3. The molecular weight excluding hydrogens is 313 g/mol. The highest BCUT2D eigenvalue weighted by atomic mass is 19.1. The molecule has 1 aliphatic rings. The molecule has 0 radical (unpaired) electrons. The number of benzene rings is 2. The van der Waals surface area contributed by atoms with E-state index in [0.29, 0.717) is 18.4 Å². The zero-order valence-electron chi connectivity index (χ0n) is 15.4. The van der Waals surface area contributed by atoms with E-state index in [-0.39, 0.29) is 11.2 Å². The van der Waals surface area contributed by atoms with Crippen LogP contribution in [0.15, 0.2) is 48.5 Å². The number of halogens is 1. The summed E-state index contributed by atoms with van der Waals surface area (Å²) in [7, 11) is 0. The van der Waals surface area contributed by atoms with E-state index in [0.717, 1.165) is 25.3 Å². The van der Waals surface area contributed by atoms with Gasteiger partial charge in [0.15, 0.2) is 0 Å². The van der Waals surface area contributed by atoms with E-state index in [4.69, 9.17) is 4.74 Å². The Morgan fingerprint density at radius 3 is 2.36 bits per heavy atom. The molecule has 134 valence electrons. The maximum Gasteiger partial charge on any atom is 0.123 e. The molecule has 0 unspecified atom stereocenters. The average molecular weight is 341 g/mol. The third-order valence-corrected chi connectivity index (χ3v) is 5.09. The SMILES string of the molecule is CC(C)(C)c1ccc(OC[C@H]2CNCC[C@@H]2c2ccc(F)cc2)cc1. The van der Waals surface area contributed by atoms with E-state index in [1.165, 1.54) is 11.1 Å². The molecule has 2 atom stereocenters. The maximum absolute atomic E-state index is 13.2. The van der Waals surface area contributed by atoms with Gasteiger partial charge >= 0.3 is 0 Å². The second kappa shape index (κ2) is 7.57. The molecule has 2 aromatic carbocycles. The molecule has 1 N–H and O–H groups in total. The fourth-order valence-electron chi connectivity index (χ4n) is 3.50. The van der Waals surface area contributed by atoms with Crippen LogP contribution >= 0.6 is 0 Å². The second-order valence-corrected chi connectivity index (χ2v) is 8.00. The van der Waals surface area contributed by atoms with Crippen molar-refractivity contribution in [1.29, 1.82) is 0 Å². The van der Waals surface area contributed by atoms with E-state index in [1.807, 2.05) is 12.1 Å². The lowest BCUT2D eigenvalue weighted by Gasteiger charge is -2.32. The van der Waals surface area contributed by atoms with Crippen molar-refractivity contribution in [3.63, 3.8) is 0 Å². The van der Waals surface area contributed by atoms with Crippen molar-refractivity contribution in [3.05, 3.63) is 65.5 Å². The van der Waals surface area contributed by atoms with Crippen LogP contribution in [0.4, 0.5) is 4.39 Å². The zero-order valence-corrected chi connectivity index (χ0v) is 15.4. The van der Waals surface area contributed by atoms with Crippen LogP contribution in [-0.2, 0) is 5.41 Å². The lowest BCUT2D eigenvalue weighted by atomic mass is 9.81. The van der Waals surface area contributed by atoms with Gasteiger partial charge in [0.2, 0.25) is 0 Å². The van der Waals surface area contributed by atoms with Crippen LogP contribution in [0.3, 0.4) is 0 Å². The first-order valence-electron chi connectivity index (χ1n) is 9.13. The number of hydrogen-bond donors (Lipinski definition) is 1. The summed E-state index contributed by atoms with van der Waals surface area (Å²) >= 11 is 0. The third kappa shape index (κ3) is 4.60. The first-order chi connectivity index (χ1) is 11.9. The highest BCUT2D eigenvalue weighted by Gasteiger charge is 2.27. The average Bonchev–Trinajstić information content (AvgIpc) is 2.61. The third-order valence-electron chi connectivity index (χ3n) is 5.09. The molecule has 1 heterocycles. The summed E-state index contributed by atoms with van der Waals surface area (Å²) in [6.45, 7) is 9.24. The minimum absolute atomic E-state index is 0.152. The molecule has 2 aromatic rings. The molecule has 0 saturated carbocycles. The van der Waals surface area contributed by atoms with Crippen LogP contribution in [0, 0.1) is 11.7 Å². The van der Waals surface area contributed by atoms with Gasteiger partial charge in [-0.15, -0.1) is 0 Å². The lowest BCUT2D eigenvalue weighted by molar-refractivity contribution is 0.197. The predicted molar refractivity (Wildman–Crippen MR) is 101 cm³/mol. The largest absolute Gasteiger partial charge is 0.493 e. The number of ether oxygens (including phenoxy) is 1. The van der Waals surface area contributed by atoms with Crippen LogP contribution in [-0.4, -0.2) is 19.7 Å². The van der Waals surface area contributed by atoms with Crippen molar-refractivity contribution in [1.82, 2.24) is 5.32 Å². The van der Waals surface area contributed by atoms with Gasteiger partial charge in [-0.05, 0) is 59.7 Å². The summed E-state index contributed by atoms with van der Waals surface area (Å²) in [5.41, 5.74) is 2.67. The van der Waals surface area contributed by atoms with Crippen LogP contribution in [0.1, 0.15) is 44.2 Å². The maximum atomic E-state index is 13.2. The standard InChI is InChI=1S/C22H28FNO/c1-22(2,3)18-6-10-20(11-7-18)25-15-17-14-24-13-12-21(17)16-4-8-19(23)9-5-16/h4-11,17,21,24H,12-15H2,1-3H3/t17-,21-/m1/s1. The molecule has 0 bridgehead atoms. The van der Waals surface area contributed by atoms with E-state index >= 15 is 0 Å². The van der Waals surface area contributed by atoms with Gasteiger partial charge in [-0.1, -0.05) is 45.0 Å². The number of rotatable bonds is 4. The molecule has 0 aliphatic carbocycles. The smallest absolute Gasteiger partial charge is 0.123 e. The highest BCUT2D eigenvalue weighted by molar-refractivity contribution is 5.31. The van der Waals surface area contributed by atoms with Crippen LogP contribution in [0.25, 0.3) is 0 Å². The van der Waals surface area contributed by atoms with Gasteiger partial charge < -0.3 is 10.1 Å². The fourth-order valence-corrected chi connectivity index (χ4v) is 3.50. The van der Waals surface area contributed by atoms with Crippen molar-refractivity contribution in [3.8, 4) is 5.75 Å². The molecule has 25 heavy (non-hydrogen) atoms. The molecular formula is C22H28FNO. The Bertz CT molecular complexity index is 673. The van der Waals surface area contributed by atoms with Gasteiger partial charge in [0.1, 0.15) is 11.6 Å². The Hall–Kier alpha value is -1.87. The van der Waals surface area contributed by atoms with Gasteiger partial charge in [-0.2, -0.15) is 0 Å². The molecule has 3 heteroatoms. The normalized spacial score (nSPS) is 21.1. The van der Waals surface area contributed by atoms with Crippen molar-refractivity contribution in [2.24, 2.45) is 5.92 Å². The number of hydrogen-bond acceptors (Lipinski definition) is 2. The Balaban J connectivity index is 1.65. The first kappa shape index (κ1) is 17.9. The van der Waals surface area contributed by atoms with Gasteiger partial charge in [-0.3, -0.25) is 0 Å². The van der Waals surface area contributed by atoms with Gasteiger partial charge in [0, 0.05) is 12.5 Å². The molecule has 3 rings (SSSR count). The van der Waals surface area contributed by atoms with Crippen molar-refractivity contribution < 1.29 is 9.13 Å². The van der Waals surface area contributed by atoms with E-state index < -0.39 is 0 Å². The van der Waals surface area contributed by atoms with E-state index in [1.54, 1.807) is 12.1 Å². The molecule has 0 spiro atoms. The van der Waals surface area contributed by atoms with Gasteiger partial charge in [0.05, 0.1) is 6.61 Å². The molecule has 1 fully saturated rings. The topological polar surface area (TPSA) is 21.3 Å². The Labute approximate surface area is 150 Å². The molecule has 2 nitrogen and oxygen atoms in total. The van der Waals surface area contributed by atoms with Gasteiger partial charge in [-0.25, -0.2) is 4.39 Å². The highest BCUT2D eigenvalue weighted by Crippen LogP contribution is 2.31. The predicted octanol–water partition coefficient (Wildman–Crippen LogP) is 4.90. The summed E-state index contributed by atoms with van der Waals surface area (Å²) in [5.74, 6) is 1.54. The van der Waals surface area contributed by atoms with Crippen LogP contribution in [0.2, 0.25) is 0 Å². The summed E-state index contributed by atoms with van der Waals surface area (Å²) in [4.78, 5) is 0. The second-order valence-electron chi connectivity index (χ2n) is 8.00. The molecule has 0 amide bonds. The van der Waals surface area contributed by atoms with Gasteiger partial charge in [0.25, 0.3) is 0 Å². The zero-order chi connectivity index (χ0) is 17.9. The summed E-state index contributed by atoms with van der Waals surface area (Å²) < 4.78 is 19.3. The Morgan fingerprint density at radius 2 is 1.72 bits per heavy atom. The summed E-state index contributed by atoms with van der Waals surface area (Å²) in [5, 5.41) is 3.46. The number of nitrogens with one attached hydrogen (secondary N) is 1. The minimum atomic E-state index is -0.176. The van der Waals surface area contributed by atoms with Crippen LogP contribution in [0.5, 0.6) is 5.75 Å². The van der Waals surface area contributed by atoms with E-state index in [9.17, 15) is 4.39 Å². The quantitative estimate of drug-likeness (QED) is 0.854. The van der Waals surface area contributed by atoms with Crippen molar-refractivity contribution >= 4 is 0 Å². The first-order valence-corrected chi connectivity index (χ1v) is 9.13. The lowest BCUT2D eigenvalue weighted by Crippen LogP contribution is -2.38. The van der Waals surface area contributed by atoms with Crippen LogP contribution < -0.4 is 10.1 Å². The van der Waals surface area contributed by atoms with Crippen molar-refractivity contribution in [2.45, 2.75) is 38.5 Å². The minimum Gasteiger partial charge on any atom is -0.493 e. The molecule has 0 aromatic heterocycles. The Morgan fingerprint density at radius 1 is 1.04 bits per heavy atom. The summed E-state index contributed by atoms with van der Waals surface area (Å²) in [6.07, 6.45) is 1.06.